The van der Waals surface area contributed by atoms with Gasteiger partial charge in [0, 0.05) is 12.7 Å². The van der Waals surface area contributed by atoms with E-state index >= 15 is 0 Å². The van der Waals surface area contributed by atoms with Crippen molar-refractivity contribution >= 4 is 11.6 Å². The van der Waals surface area contributed by atoms with Gasteiger partial charge in [-0.3, -0.25) is 15.6 Å². The molecular formula is C13H20N4O. The Balaban J connectivity index is 1.95. The van der Waals surface area contributed by atoms with Crippen LogP contribution in [-0.2, 0) is 0 Å². The Morgan fingerprint density at radius 2 is 2.28 bits per heavy atom. The first-order valence-electron chi connectivity index (χ1n) is 6.28. The normalized spacial score (nSPS) is 16.4. The minimum absolute atomic E-state index is 0.140. The number of nitrogens with one attached hydrogen (secondary N) is 2. The highest BCUT2D eigenvalue weighted by Crippen LogP contribution is 2.51. The van der Waals surface area contributed by atoms with E-state index in [1.165, 1.54) is 12.8 Å². The zero-order chi connectivity index (χ0) is 13.2. The fourth-order valence-electron chi connectivity index (χ4n) is 2.11. The first-order chi connectivity index (χ1) is 8.57. The highest BCUT2D eigenvalue weighted by atomic mass is 16.1. The molecule has 1 saturated carbocycles. The largest absolute Gasteiger partial charge is 0.350 e. The zero-order valence-electron chi connectivity index (χ0n) is 10.9. The molecule has 0 spiro atoms. The third-order valence-corrected chi connectivity index (χ3v) is 3.88. The Morgan fingerprint density at radius 1 is 1.56 bits per heavy atom. The van der Waals surface area contributed by atoms with Crippen molar-refractivity contribution in [3.8, 4) is 0 Å². The van der Waals surface area contributed by atoms with E-state index in [0.717, 1.165) is 6.54 Å². The maximum absolute atomic E-state index is 12.0. The topological polar surface area (TPSA) is 80.0 Å². The lowest BCUT2D eigenvalue weighted by Crippen LogP contribution is -2.33. The predicted octanol–water partition coefficient (Wildman–Crippen LogP) is 1.53. The molecule has 2 rings (SSSR count). The van der Waals surface area contributed by atoms with Gasteiger partial charge in [0.2, 0.25) is 0 Å². The predicted molar refractivity (Wildman–Crippen MR) is 70.9 cm³/mol. The van der Waals surface area contributed by atoms with E-state index in [4.69, 9.17) is 5.84 Å². The summed E-state index contributed by atoms with van der Waals surface area (Å²) < 4.78 is 0. The SMILES string of the molecule is CC(C)C1(CNC(=O)c2cc(NN)ccn2)CC1. The summed E-state index contributed by atoms with van der Waals surface area (Å²) in [5.41, 5.74) is 3.88. The van der Waals surface area contributed by atoms with Gasteiger partial charge in [-0.05, 0) is 36.3 Å². The number of anilines is 1. The van der Waals surface area contributed by atoms with Crippen LogP contribution in [0.15, 0.2) is 18.3 Å². The lowest BCUT2D eigenvalue weighted by molar-refractivity contribution is 0.0935. The molecule has 1 amide bonds. The van der Waals surface area contributed by atoms with Crippen LogP contribution in [0, 0.1) is 11.3 Å². The van der Waals surface area contributed by atoms with E-state index in [9.17, 15) is 4.79 Å². The van der Waals surface area contributed by atoms with Gasteiger partial charge in [0.25, 0.3) is 5.91 Å². The molecule has 5 nitrogen and oxygen atoms in total. The van der Waals surface area contributed by atoms with Crippen molar-refractivity contribution in [1.29, 1.82) is 0 Å². The van der Waals surface area contributed by atoms with Crippen molar-refractivity contribution in [3.05, 3.63) is 24.0 Å². The molecule has 0 aromatic carbocycles. The molecule has 0 atom stereocenters. The number of carbonyl (C=O) groups excluding carboxylic acids is 1. The van der Waals surface area contributed by atoms with Crippen molar-refractivity contribution in [3.63, 3.8) is 0 Å². The van der Waals surface area contributed by atoms with Crippen molar-refractivity contribution < 1.29 is 4.79 Å². The van der Waals surface area contributed by atoms with Gasteiger partial charge < -0.3 is 10.7 Å². The first kappa shape index (κ1) is 12.8. The average Bonchev–Trinajstić information content (AvgIpc) is 3.17. The summed E-state index contributed by atoms with van der Waals surface area (Å²) in [6, 6.07) is 3.36. The molecule has 1 aromatic heterocycles. The van der Waals surface area contributed by atoms with Gasteiger partial charge in [-0.15, -0.1) is 0 Å². The molecule has 1 fully saturated rings. The first-order valence-corrected chi connectivity index (χ1v) is 6.28. The Kier molecular flexibility index (Phi) is 3.52. The number of hydrogen-bond acceptors (Lipinski definition) is 4. The van der Waals surface area contributed by atoms with Gasteiger partial charge in [-0.2, -0.15) is 0 Å². The molecular weight excluding hydrogens is 228 g/mol. The molecule has 5 heteroatoms. The number of carbonyl (C=O) groups is 1. The Bertz CT molecular complexity index is 440. The van der Waals surface area contributed by atoms with Crippen LogP contribution in [-0.4, -0.2) is 17.4 Å². The van der Waals surface area contributed by atoms with Crippen LogP contribution in [0.2, 0.25) is 0 Å². The van der Waals surface area contributed by atoms with Crippen molar-refractivity contribution in [2.45, 2.75) is 26.7 Å². The van der Waals surface area contributed by atoms with E-state index in [1.54, 1.807) is 18.3 Å². The number of amides is 1. The second-order valence-corrected chi connectivity index (χ2v) is 5.27. The summed E-state index contributed by atoms with van der Waals surface area (Å²) in [5, 5.41) is 2.96. The molecule has 1 aliphatic rings. The molecule has 0 radical (unpaired) electrons. The Morgan fingerprint density at radius 3 is 2.83 bits per heavy atom. The summed E-state index contributed by atoms with van der Waals surface area (Å²) in [7, 11) is 0. The van der Waals surface area contributed by atoms with Crippen molar-refractivity contribution in [2.75, 3.05) is 12.0 Å². The number of hydrazine groups is 1. The van der Waals surface area contributed by atoms with Crippen LogP contribution in [0.3, 0.4) is 0 Å². The Hall–Kier alpha value is -1.62. The molecule has 18 heavy (non-hydrogen) atoms. The number of aromatic nitrogens is 1. The van der Waals surface area contributed by atoms with Crippen LogP contribution in [0.25, 0.3) is 0 Å². The number of nitrogens with two attached hydrogens (primary N) is 1. The van der Waals surface area contributed by atoms with Gasteiger partial charge in [0.15, 0.2) is 0 Å². The monoisotopic (exact) mass is 248 g/mol. The van der Waals surface area contributed by atoms with Crippen LogP contribution in [0.5, 0.6) is 0 Å². The summed E-state index contributed by atoms with van der Waals surface area (Å²) in [4.78, 5) is 16.0. The van der Waals surface area contributed by atoms with E-state index < -0.39 is 0 Å². The summed E-state index contributed by atoms with van der Waals surface area (Å²) in [6.45, 7) is 5.14. The van der Waals surface area contributed by atoms with Gasteiger partial charge in [-0.1, -0.05) is 13.8 Å². The molecule has 0 aliphatic heterocycles. The van der Waals surface area contributed by atoms with E-state index in [2.05, 4.69) is 29.6 Å². The zero-order valence-corrected chi connectivity index (χ0v) is 10.9. The molecule has 1 aliphatic carbocycles. The molecule has 0 bridgehead atoms. The number of nitrogen functional groups attached to an aromatic ring is 1. The van der Waals surface area contributed by atoms with Gasteiger partial charge >= 0.3 is 0 Å². The molecule has 0 unspecified atom stereocenters. The maximum Gasteiger partial charge on any atom is 0.269 e. The second-order valence-electron chi connectivity index (χ2n) is 5.27. The lowest BCUT2D eigenvalue weighted by atomic mass is 9.92. The highest BCUT2D eigenvalue weighted by molar-refractivity contribution is 5.93. The quantitative estimate of drug-likeness (QED) is 0.545. The summed E-state index contributed by atoms with van der Waals surface area (Å²) in [5.74, 6) is 5.76. The standard InChI is InChI=1S/C13H20N4O/c1-9(2)13(4-5-13)8-16-12(18)11-7-10(17-14)3-6-15-11/h3,6-7,9H,4-5,8,14H2,1-2H3,(H,15,17)(H,16,18). The number of nitrogens with zero attached hydrogens (tertiary/aromatic N) is 1. The smallest absolute Gasteiger partial charge is 0.269 e. The van der Waals surface area contributed by atoms with Crippen LogP contribution < -0.4 is 16.6 Å². The third-order valence-electron chi connectivity index (χ3n) is 3.88. The molecule has 1 heterocycles. The van der Waals surface area contributed by atoms with E-state index in [1.807, 2.05) is 0 Å². The van der Waals surface area contributed by atoms with Crippen LogP contribution >= 0.6 is 0 Å². The summed E-state index contributed by atoms with van der Waals surface area (Å²) in [6.07, 6.45) is 3.96. The molecule has 4 N–H and O–H groups in total. The number of pyridine rings is 1. The lowest BCUT2D eigenvalue weighted by Gasteiger charge is -2.19. The third kappa shape index (κ3) is 2.61. The maximum atomic E-state index is 12.0. The minimum Gasteiger partial charge on any atom is -0.350 e. The van der Waals surface area contributed by atoms with Crippen LogP contribution in [0.4, 0.5) is 5.69 Å². The van der Waals surface area contributed by atoms with Gasteiger partial charge in [0.05, 0.1) is 5.69 Å². The second kappa shape index (κ2) is 4.94. The minimum atomic E-state index is -0.140. The van der Waals surface area contributed by atoms with Gasteiger partial charge in [-0.25, -0.2) is 0 Å². The average molecular weight is 248 g/mol. The fraction of sp³-hybridized carbons (Fsp3) is 0.538. The van der Waals surface area contributed by atoms with E-state index in [0.29, 0.717) is 22.7 Å². The van der Waals surface area contributed by atoms with Crippen molar-refractivity contribution in [2.24, 2.45) is 17.2 Å². The fourth-order valence-corrected chi connectivity index (χ4v) is 2.11. The molecule has 0 saturated heterocycles. The van der Waals surface area contributed by atoms with Gasteiger partial charge in [0.1, 0.15) is 5.69 Å². The number of hydrogen-bond donors (Lipinski definition) is 3. The Labute approximate surface area is 107 Å². The van der Waals surface area contributed by atoms with Crippen molar-refractivity contribution in [1.82, 2.24) is 10.3 Å². The van der Waals surface area contributed by atoms with Crippen LogP contribution in [0.1, 0.15) is 37.2 Å². The molecule has 1 aromatic rings. The highest BCUT2D eigenvalue weighted by Gasteiger charge is 2.45. The summed E-state index contributed by atoms with van der Waals surface area (Å²) >= 11 is 0. The van der Waals surface area contributed by atoms with E-state index in [-0.39, 0.29) is 5.91 Å². The molecule has 98 valence electrons. The number of rotatable bonds is 5.